The van der Waals surface area contributed by atoms with Crippen LogP contribution in [-0.2, 0) is 0 Å². The van der Waals surface area contributed by atoms with Gasteiger partial charge < -0.3 is 10.6 Å². The largest absolute Gasteiger partial charge is 0.360 e. The molecule has 0 saturated heterocycles. The van der Waals surface area contributed by atoms with Crippen LogP contribution in [0, 0.1) is 19.7 Å². The van der Waals surface area contributed by atoms with Crippen LogP contribution in [0.3, 0.4) is 0 Å². The van der Waals surface area contributed by atoms with E-state index in [0.717, 1.165) is 27.2 Å². The number of pyridine rings is 1. The van der Waals surface area contributed by atoms with E-state index in [0.29, 0.717) is 10.4 Å². The minimum atomic E-state index is -0.454. The van der Waals surface area contributed by atoms with E-state index in [9.17, 15) is 9.18 Å². The molecular weight excluding hydrogens is 313 g/mol. The van der Waals surface area contributed by atoms with Gasteiger partial charge in [0, 0.05) is 11.1 Å². The molecule has 0 fully saturated rings. The number of nitrogens with zero attached hydrogens (tertiary/aromatic N) is 1. The van der Waals surface area contributed by atoms with Crippen molar-refractivity contribution in [2.45, 2.75) is 20.0 Å². The van der Waals surface area contributed by atoms with Crippen molar-refractivity contribution in [1.29, 1.82) is 0 Å². The van der Waals surface area contributed by atoms with Crippen molar-refractivity contribution in [1.82, 2.24) is 10.3 Å². The van der Waals surface area contributed by atoms with Crippen LogP contribution in [-0.4, -0.2) is 10.9 Å². The average Bonchev–Trinajstić information content (AvgIpc) is 2.86. The molecule has 23 heavy (non-hydrogen) atoms. The number of hydrogen-bond acceptors (Lipinski definition) is 4. The maximum Gasteiger partial charge on any atom is 0.265 e. The fraction of sp³-hybridized carbons (Fsp3) is 0.176. The standard InChI is InChI=1S/C17H14FN3OS/c1-8-6-9(2)19-17-12(8)13-14(23-17)16(22)21-15(20-13)10-4-3-5-11(18)7-10/h3-7,15,20H,1-2H3,(H,21,22)/t15-/m0/s1. The molecule has 1 amide bonds. The van der Waals surface area contributed by atoms with Gasteiger partial charge in [-0.1, -0.05) is 12.1 Å². The van der Waals surface area contributed by atoms with Gasteiger partial charge in [0.25, 0.3) is 5.91 Å². The van der Waals surface area contributed by atoms with Crippen molar-refractivity contribution < 1.29 is 9.18 Å². The Bertz CT molecular complexity index is 950. The fourth-order valence-electron chi connectivity index (χ4n) is 2.97. The second-order valence-corrected chi connectivity index (χ2v) is 6.67. The number of fused-ring (bicyclic) bond motifs is 3. The Labute approximate surface area is 136 Å². The number of nitrogens with one attached hydrogen (secondary N) is 2. The molecule has 116 valence electrons. The van der Waals surface area contributed by atoms with Crippen LogP contribution >= 0.6 is 11.3 Å². The molecule has 4 rings (SSSR count). The van der Waals surface area contributed by atoms with Gasteiger partial charge in [-0.3, -0.25) is 4.79 Å². The van der Waals surface area contributed by atoms with E-state index in [4.69, 9.17) is 0 Å². The molecule has 2 aromatic heterocycles. The zero-order valence-electron chi connectivity index (χ0n) is 12.6. The Balaban J connectivity index is 1.86. The molecule has 3 aromatic rings. The summed E-state index contributed by atoms with van der Waals surface area (Å²) in [4.78, 5) is 18.4. The summed E-state index contributed by atoms with van der Waals surface area (Å²) in [6.07, 6.45) is -0.454. The molecule has 6 heteroatoms. The van der Waals surface area contributed by atoms with E-state index in [1.165, 1.54) is 23.5 Å². The van der Waals surface area contributed by atoms with Crippen molar-refractivity contribution in [3.8, 4) is 0 Å². The molecule has 0 spiro atoms. The van der Waals surface area contributed by atoms with Gasteiger partial charge in [0.2, 0.25) is 0 Å². The Kier molecular flexibility index (Phi) is 3.09. The number of aromatic nitrogens is 1. The summed E-state index contributed by atoms with van der Waals surface area (Å²) in [7, 11) is 0. The fourth-order valence-corrected chi connectivity index (χ4v) is 4.13. The van der Waals surface area contributed by atoms with Gasteiger partial charge in [-0.15, -0.1) is 11.3 Å². The summed E-state index contributed by atoms with van der Waals surface area (Å²) in [5.74, 6) is -0.485. The summed E-state index contributed by atoms with van der Waals surface area (Å²) in [5.41, 5.74) is 3.47. The first-order valence-corrected chi connectivity index (χ1v) is 8.08. The third-order valence-electron chi connectivity index (χ3n) is 3.94. The Morgan fingerprint density at radius 3 is 2.83 bits per heavy atom. The number of hydrogen-bond donors (Lipinski definition) is 2. The van der Waals surface area contributed by atoms with Crippen molar-refractivity contribution >= 4 is 33.1 Å². The maximum absolute atomic E-state index is 13.5. The molecule has 1 aliphatic rings. The minimum Gasteiger partial charge on any atom is -0.360 e. The Morgan fingerprint density at radius 1 is 1.22 bits per heavy atom. The lowest BCUT2D eigenvalue weighted by Gasteiger charge is -2.26. The van der Waals surface area contributed by atoms with E-state index in [1.807, 2.05) is 19.9 Å². The highest BCUT2D eigenvalue weighted by Gasteiger charge is 2.29. The Hall–Kier alpha value is -2.47. The number of carbonyl (C=O) groups is 1. The molecule has 0 bridgehead atoms. The third-order valence-corrected chi connectivity index (χ3v) is 5.02. The van der Waals surface area contributed by atoms with Crippen LogP contribution in [0.25, 0.3) is 10.2 Å². The average molecular weight is 327 g/mol. The normalized spacial score (nSPS) is 16.8. The quantitative estimate of drug-likeness (QED) is 0.712. The van der Waals surface area contributed by atoms with Gasteiger partial charge in [-0.05, 0) is 43.2 Å². The SMILES string of the molecule is Cc1cc(C)c2c3c(sc2n1)C(=O)N[C@@H](c1cccc(F)c1)N3. The van der Waals surface area contributed by atoms with Gasteiger partial charge in [0.05, 0.1) is 5.69 Å². The molecular formula is C17H14FN3OS. The molecule has 1 aromatic carbocycles. The van der Waals surface area contributed by atoms with E-state index in [1.54, 1.807) is 12.1 Å². The summed E-state index contributed by atoms with van der Waals surface area (Å²) >= 11 is 1.38. The smallest absolute Gasteiger partial charge is 0.265 e. The lowest BCUT2D eigenvalue weighted by atomic mass is 10.1. The number of anilines is 1. The molecule has 1 aliphatic heterocycles. The monoisotopic (exact) mass is 327 g/mol. The summed E-state index contributed by atoms with van der Waals surface area (Å²) in [6, 6.07) is 8.23. The predicted octanol–water partition coefficient (Wildman–Crippen LogP) is 3.91. The van der Waals surface area contributed by atoms with Crippen molar-refractivity contribution in [3.05, 3.63) is 57.8 Å². The van der Waals surface area contributed by atoms with Crippen molar-refractivity contribution in [3.63, 3.8) is 0 Å². The van der Waals surface area contributed by atoms with Crippen molar-refractivity contribution in [2.75, 3.05) is 5.32 Å². The third kappa shape index (κ3) is 2.26. The predicted molar refractivity (Wildman–Crippen MR) is 89.3 cm³/mol. The zero-order chi connectivity index (χ0) is 16.1. The van der Waals surface area contributed by atoms with Gasteiger partial charge >= 0.3 is 0 Å². The number of carbonyl (C=O) groups excluding carboxylic acids is 1. The van der Waals surface area contributed by atoms with Crippen LogP contribution in [0.2, 0.25) is 0 Å². The molecule has 0 aliphatic carbocycles. The molecule has 0 saturated carbocycles. The van der Waals surface area contributed by atoms with Crippen LogP contribution in [0.1, 0.15) is 32.7 Å². The first kappa shape index (κ1) is 14.1. The van der Waals surface area contributed by atoms with E-state index in [2.05, 4.69) is 15.6 Å². The van der Waals surface area contributed by atoms with Crippen LogP contribution in [0.15, 0.2) is 30.3 Å². The Morgan fingerprint density at radius 2 is 2.04 bits per heavy atom. The van der Waals surface area contributed by atoms with Gasteiger partial charge in [-0.2, -0.15) is 0 Å². The maximum atomic E-state index is 13.5. The molecule has 4 nitrogen and oxygen atoms in total. The number of thiophene rings is 1. The lowest BCUT2D eigenvalue weighted by molar-refractivity contribution is 0.0940. The first-order chi connectivity index (χ1) is 11.0. The zero-order valence-corrected chi connectivity index (χ0v) is 13.4. The number of halogens is 1. The number of aryl methyl sites for hydroxylation is 2. The second kappa shape index (κ2) is 5.03. The van der Waals surface area contributed by atoms with Crippen LogP contribution in [0.5, 0.6) is 0 Å². The summed E-state index contributed by atoms with van der Waals surface area (Å²) in [5, 5.41) is 7.17. The molecule has 3 heterocycles. The van der Waals surface area contributed by atoms with Crippen LogP contribution in [0.4, 0.5) is 10.1 Å². The number of amides is 1. The minimum absolute atomic E-state index is 0.159. The highest BCUT2D eigenvalue weighted by molar-refractivity contribution is 7.21. The van der Waals surface area contributed by atoms with Crippen molar-refractivity contribution in [2.24, 2.45) is 0 Å². The molecule has 0 radical (unpaired) electrons. The number of benzene rings is 1. The summed E-state index contributed by atoms with van der Waals surface area (Å²) in [6.45, 7) is 3.95. The second-order valence-electron chi connectivity index (χ2n) is 5.67. The van der Waals surface area contributed by atoms with Crippen LogP contribution < -0.4 is 10.6 Å². The number of rotatable bonds is 1. The molecule has 0 unspecified atom stereocenters. The van der Waals surface area contributed by atoms with E-state index in [-0.39, 0.29) is 11.7 Å². The highest BCUT2D eigenvalue weighted by atomic mass is 32.1. The molecule has 2 N–H and O–H groups in total. The summed E-state index contributed by atoms with van der Waals surface area (Å²) < 4.78 is 13.5. The van der Waals surface area contributed by atoms with Gasteiger partial charge in [0.1, 0.15) is 21.7 Å². The highest BCUT2D eigenvalue weighted by Crippen LogP contribution is 2.40. The topological polar surface area (TPSA) is 54.0 Å². The first-order valence-electron chi connectivity index (χ1n) is 7.26. The van der Waals surface area contributed by atoms with Gasteiger partial charge in [0.15, 0.2) is 0 Å². The van der Waals surface area contributed by atoms with E-state index < -0.39 is 6.17 Å². The van der Waals surface area contributed by atoms with E-state index >= 15 is 0 Å². The molecule has 1 atom stereocenters. The lowest BCUT2D eigenvalue weighted by Crippen LogP contribution is -2.37. The van der Waals surface area contributed by atoms with Gasteiger partial charge in [-0.25, -0.2) is 9.37 Å².